The van der Waals surface area contributed by atoms with Gasteiger partial charge in [-0.05, 0) is 48.9 Å². The van der Waals surface area contributed by atoms with E-state index in [1.54, 1.807) is 54.1 Å². The van der Waals surface area contributed by atoms with E-state index in [-0.39, 0.29) is 10.8 Å². The van der Waals surface area contributed by atoms with E-state index in [0.29, 0.717) is 23.5 Å². The van der Waals surface area contributed by atoms with Crippen LogP contribution in [0.3, 0.4) is 0 Å². The summed E-state index contributed by atoms with van der Waals surface area (Å²) in [7, 11) is -0.180. The minimum absolute atomic E-state index is 0.0618. The molecule has 8 nitrogen and oxygen atoms in total. The number of aryl methyl sites for hydroxylation is 1. The zero-order valence-electron chi connectivity index (χ0n) is 17.1. The minimum atomic E-state index is -3.35. The van der Waals surface area contributed by atoms with Crippen molar-refractivity contribution in [2.75, 3.05) is 22.9 Å². The van der Waals surface area contributed by atoms with E-state index in [1.807, 2.05) is 6.92 Å². The lowest BCUT2D eigenvalue weighted by Crippen LogP contribution is -2.32. The highest BCUT2D eigenvalue weighted by Crippen LogP contribution is 2.23. The van der Waals surface area contributed by atoms with Crippen molar-refractivity contribution in [2.24, 2.45) is 7.05 Å². The van der Waals surface area contributed by atoms with Crippen molar-refractivity contribution in [1.29, 1.82) is 0 Å². The minimum Gasteiger partial charge on any atom is -0.481 e. The van der Waals surface area contributed by atoms with Crippen molar-refractivity contribution >= 4 is 48.9 Å². The van der Waals surface area contributed by atoms with Crippen molar-refractivity contribution in [2.45, 2.75) is 19.4 Å². The number of benzene rings is 2. The van der Waals surface area contributed by atoms with Crippen LogP contribution in [0.15, 0.2) is 47.3 Å². The molecule has 0 fully saturated rings. The van der Waals surface area contributed by atoms with Crippen LogP contribution >= 0.6 is 11.3 Å². The van der Waals surface area contributed by atoms with Gasteiger partial charge < -0.3 is 14.6 Å². The number of carbonyl (C=O) groups is 1. The molecule has 0 aliphatic heterocycles. The first-order chi connectivity index (χ1) is 14.1. The van der Waals surface area contributed by atoms with Gasteiger partial charge in [0.1, 0.15) is 5.75 Å². The van der Waals surface area contributed by atoms with Crippen LogP contribution in [0.2, 0.25) is 0 Å². The molecule has 3 aromatic rings. The number of hydrogen-bond donors (Lipinski definition) is 1. The molecule has 0 aliphatic rings. The predicted octanol–water partition coefficient (Wildman–Crippen LogP) is 2.79. The molecule has 30 heavy (non-hydrogen) atoms. The number of fused-ring (bicyclic) bond motifs is 1. The molecule has 1 amide bonds. The summed E-state index contributed by atoms with van der Waals surface area (Å²) in [6.07, 6.45) is 0.839. The molecule has 10 heteroatoms. The smallest absolute Gasteiger partial charge is 0.307 e. The molecular weight excluding hydrogens is 426 g/mol. The normalized spacial score (nSPS) is 12.5. The number of ether oxygens (including phenoxy) is 1. The Labute approximate surface area is 178 Å². The zero-order valence-corrected chi connectivity index (χ0v) is 18.7. The lowest BCUT2D eigenvalue weighted by atomic mass is 10.2. The maximum atomic E-state index is 12.7. The van der Waals surface area contributed by atoms with Gasteiger partial charge in [0.25, 0.3) is 5.91 Å². The summed E-state index contributed by atoms with van der Waals surface area (Å²) in [5, 5.41) is 2.83. The Bertz CT molecular complexity index is 1230. The van der Waals surface area contributed by atoms with Crippen LogP contribution in [0.5, 0.6) is 5.75 Å². The van der Waals surface area contributed by atoms with Gasteiger partial charge in [-0.1, -0.05) is 18.3 Å². The molecular formula is C20H23N3O5S2. The third-order valence-electron chi connectivity index (χ3n) is 4.70. The van der Waals surface area contributed by atoms with Gasteiger partial charge in [-0.3, -0.25) is 13.9 Å². The van der Waals surface area contributed by atoms with Crippen LogP contribution in [0.4, 0.5) is 11.4 Å². The lowest BCUT2D eigenvalue weighted by molar-refractivity contribution is -0.122. The summed E-state index contributed by atoms with van der Waals surface area (Å²) >= 11 is 1.12. The largest absolute Gasteiger partial charge is 0.481 e. The Kier molecular flexibility index (Phi) is 6.18. The number of rotatable bonds is 7. The lowest BCUT2D eigenvalue weighted by Gasteiger charge is -2.19. The first-order valence-electron chi connectivity index (χ1n) is 9.21. The zero-order chi connectivity index (χ0) is 22.1. The Hall–Kier alpha value is -2.85. The number of amides is 1. The molecule has 1 atom stereocenters. The number of hydrogen-bond acceptors (Lipinski definition) is 6. The summed E-state index contributed by atoms with van der Waals surface area (Å²) in [5.41, 5.74) is 1.89. The Morgan fingerprint density at radius 2 is 1.90 bits per heavy atom. The number of thiazole rings is 1. The van der Waals surface area contributed by atoms with E-state index in [9.17, 15) is 18.0 Å². The highest BCUT2D eigenvalue weighted by molar-refractivity contribution is 7.92. The van der Waals surface area contributed by atoms with Crippen LogP contribution in [0.25, 0.3) is 10.2 Å². The summed E-state index contributed by atoms with van der Waals surface area (Å²) in [5.74, 6) is 0.150. The molecule has 0 bridgehead atoms. The van der Waals surface area contributed by atoms with E-state index in [1.165, 1.54) is 7.05 Å². The van der Waals surface area contributed by atoms with Gasteiger partial charge >= 0.3 is 4.87 Å². The fourth-order valence-electron chi connectivity index (χ4n) is 2.85. The Morgan fingerprint density at radius 3 is 2.50 bits per heavy atom. The molecule has 3 rings (SSSR count). The SMILES string of the molecule is CC[C@@H](Oc1ccc(N(C)S(C)(=O)=O)cc1)C(=O)Nc1ccc2c(c1)sc(=O)n2C. The van der Waals surface area contributed by atoms with Crippen LogP contribution < -0.4 is 19.2 Å². The predicted molar refractivity (Wildman–Crippen MR) is 120 cm³/mol. The van der Waals surface area contributed by atoms with E-state index in [2.05, 4.69) is 5.32 Å². The maximum absolute atomic E-state index is 12.7. The van der Waals surface area contributed by atoms with Crippen molar-refractivity contribution in [3.63, 3.8) is 0 Å². The molecule has 1 heterocycles. The average molecular weight is 450 g/mol. The molecule has 0 aliphatic carbocycles. The first-order valence-corrected chi connectivity index (χ1v) is 11.9. The molecule has 0 radical (unpaired) electrons. The quantitative estimate of drug-likeness (QED) is 0.598. The first kappa shape index (κ1) is 21.8. The van der Waals surface area contributed by atoms with E-state index in [4.69, 9.17) is 4.74 Å². The second kappa shape index (κ2) is 8.49. The molecule has 1 aromatic heterocycles. The Balaban J connectivity index is 1.71. The standard InChI is InChI=1S/C20H23N3O5S2/c1-5-17(28-15-9-7-14(8-10-15)23(3)30(4,26)27)19(24)21-13-6-11-16-18(12-13)29-20(25)22(16)2/h6-12,17H,5H2,1-4H3,(H,21,24)/t17-/m1/s1. The number of nitrogens with one attached hydrogen (secondary N) is 1. The number of sulfonamides is 1. The molecule has 160 valence electrons. The second-order valence-electron chi connectivity index (χ2n) is 6.84. The van der Waals surface area contributed by atoms with Gasteiger partial charge in [-0.2, -0.15) is 0 Å². The van der Waals surface area contributed by atoms with E-state index >= 15 is 0 Å². The summed E-state index contributed by atoms with van der Waals surface area (Å²) in [6, 6.07) is 11.8. The van der Waals surface area contributed by atoms with Gasteiger partial charge in [0.15, 0.2) is 6.10 Å². The van der Waals surface area contributed by atoms with Crippen molar-refractivity contribution in [3.05, 3.63) is 52.1 Å². The number of carbonyl (C=O) groups excluding carboxylic acids is 1. The van der Waals surface area contributed by atoms with Gasteiger partial charge in [-0.15, -0.1) is 0 Å². The van der Waals surface area contributed by atoms with Gasteiger partial charge in [-0.25, -0.2) is 8.42 Å². The fourth-order valence-corrected chi connectivity index (χ4v) is 4.27. The maximum Gasteiger partial charge on any atom is 0.307 e. The molecule has 0 saturated carbocycles. The molecule has 2 aromatic carbocycles. The molecule has 0 unspecified atom stereocenters. The van der Waals surface area contributed by atoms with Gasteiger partial charge in [0, 0.05) is 19.8 Å². The molecule has 0 spiro atoms. The van der Waals surface area contributed by atoms with Crippen LogP contribution in [0.1, 0.15) is 13.3 Å². The number of nitrogens with zero attached hydrogens (tertiary/aromatic N) is 2. The topological polar surface area (TPSA) is 97.7 Å². The number of anilines is 2. The van der Waals surface area contributed by atoms with E-state index < -0.39 is 16.1 Å². The molecule has 1 N–H and O–H groups in total. The van der Waals surface area contributed by atoms with Gasteiger partial charge in [0.05, 0.1) is 22.2 Å². The highest BCUT2D eigenvalue weighted by atomic mass is 32.2. The third kappa shape index (κ3) is 4.65. The van der Waals surface area contributed by atoms with Crippen LogP contribution in [-0.2, 0) is 21.9 Å². The summed E-state index contributed by atoms with van der Waals surface area (Å²) in [4.78, 5) is 24.4. The second-order valence-corrected chi connectivity index (χ2v) is 9.84. The third-order valence-corrected chi connectivity index (χ3v) is 6.90. The van der Waals surface area contributed by atoms with Gasteiger partial charge in [0.2, 0.25) is 10.0 Å². The highest BCUT2D eigenvalue weighted by Gasteiger charge is 2.19. The van der Waals surface area contributed by atoms with Crippen molar-refractivity contribution in [1.82, 2.24) is 4.57 Å². The van der Waals surface area contributed by atoms with Crippen LogP contribution in [0, 0.1) is 0 Å². The van der Waals surface area contributed by atoms with Crippen molar-refractivity contribution < 1.29 is 17.9 Å². The monoisotopic (exact) mass is 449 g/mol. The summed E-state index contributed by atoms with van der Waals surface area (Å²) < 4.78 is 32.6. The van der Waals surface area contributed by atoms with E-state index in [0.717, 1.165) is 32.1 Å². The Morgan fingerprint density at radius 1 is 1.23 bits per heavy atom. The fraction of sp³-hybridized carbons (Fsp3) is 0.300. The average Bonchev–Trinajstić information content (AvgIpc) is 2.98. The van der Waals surface area contributed by atoms with Crippen molar-refractivity contribution in [3.8, 4) is 5.75 Å². The van der Waals surface area contributed by atoms with Crippen LogP contribution in [-0.4, -0.2) is 38.3 Å². The summed E-state index contributed by atoms with van der Waals surface area (Å²) in [6.45, 7) is 1.84. The molecule has 0 saturated heterocycles. The number of aromatic nitrogens is 1.